The fourth-order valence-electron chi connectivity index (χ4n) is 5.51. The van der Waals surface area contributed by atoms with Crippen molar-refractivity contribution >= 4 is 15.7 Å². The van der Waals surface area contributed by atoms with Gasteiger partial charge in [0.1, 0.15) is 0 Å². The number of hydrogen-bond donors (Lipinski definition) is 1. The number of likely N-dealkylation sites (N-methyl/N-ethyl adjacent to an activating group) is 1. The monoisotopic (exact) mass is 473 g/mol. The summed E-state index contributed by atoms with van der Waals surface area (Å²) in [5, 5.41) is 19.3. The third-order valence-corrected chi connectivity index (χ3v) is 9.12. The van der Waals surface area contributed by atoms with Crippen LogP contribution >= 0.6 is 0 Å². The second-order valence-electron chi connectivity index (χ2n) is 9.15. The zero-order valence-corrected chi connectivity index (χ0v) is 20.0. The first-order chi connectivity index (χ1) is 16.3. The topological polar surface area (TPSA) is 84.6 Å². The predicted octanol–water partition coefficient (Wildman–Crippen LogP) is 4.10. The van der Waals surface area contributed by atoms with Crippen LogP contribution in [-0.2, 0) is 10.0 Å². The molecule has 0 amide bonds. The molecule has 2 aliphatic rings. The van der Waals surface area contributed by atoms with E-state index in [-0.39, 0.29) is 24.6 Å². The van der Waals surface area contributed by atoms with Gasteiger partial charge in [0, 0.05) is 25.2 Å². The number of benzene rings is 3. The van der Waals surface area contributed by atoms with E-state index in [1.54, 1.807) is 34.6 Å². The fraction of sp³-hybridized carbons (Fsp3) is 0.296. The highest BCUT2D eigenvalue weighted by molar-refractivity contribution is 7.89. The molecule has 0 unspecified atom stereocenters. The summed E-state index contributed by atoms with van der Waals surface area (Å²) in [6, 6.07) is 22.2. The molecule has 5 rings (SSSR count). The number of aryl methyl sites for hydroxylation is 1. The third kappa shape index (κ3) is 3.59. The van der Waals surface area contributed by atoms with Crippen LogP contribution in [0.15, 0.2) is 71.6 Å². The molecule has 2 aliphatic heterocycles. The van der Waals surface area contributed by atoms with Gasteiger partial charge >= 0.3 is 0 Å². The molecule has 3 aromatic rings. The van der Waals surface area contributed by atoms with Crippen molar-refractivity contribution in [3.05, 3.63) is 83.4 Å². The zero-order chi connectivity index (χ0) is 24.0. The van der Waals surface area contributed by atoms with E-state index in [1.807, 2.05) is 44.3 Å². The van der Waals surface area contributed by atoms with Gasteiger partial charge in [0.15, 0.2) is 0 Å². The standard InChI is InChI=1S/C27H27N3O3S/c1-18-4-3-5-22(14-18)34(32,33)30-13-12-23-26(17-31)29(2)25-11-10-21(15-24(25)27(23)30)20-8-6-19(16-28)7-9-20/h3-11,14-15,23,26-27,31H,12-13,17H2,1-2H3/t23-,26-,27-/m0/s1. The van der Waals surface area contributed by atoms with E-state index in [4.69, 9.17) is 5.26 Å². The second-order valence-corrected chi connectivity index (χ2v) is 11.0. The lowest BCUT2D eigenvalue weighted by Gasteiger charge is -2.44. The summed E-state index contributed by atoms with van der Waals surface area (Å²) in [5.74, 6) is -0.0155. The molecule has 2 heterocycles. The number of fused-ring (bicyclic) bond motifs is 3. The molecule has 174 valence electrons. The van der Waals surface area contributed by atoms with Crippen LogP contribution in [0.5, 0.6) is 0 Å². The van der Waals surface area contributed by atoms with Crippen molar-refractivity contribution < 1.29 is 13.5 Å². The van der Waals surface area contributed by atoms with Gasteiger partial charge in [-0.2, -0.15) is 9.57 Å². The summed E-state index contributed by atoms with van der Waals surface area (Å²) in [6.45, 7) is 2.27. The summed E-state index contributed by atoms with van der Waals surface area (Å²) < 4.78 is 29.2. The largest absolute Gasteiger partial charge is 0.394 e. The van der Waals surface area contributed by atoms with E-state index in [0.29, 0.717) is 23.4 Å². The molecule has 0 bridgehead atoms. The Labute approximate surface area is 200 Å². The maximum atomic E-state index is 13.8. The number of aliphatic hydroxyl groups excluding tert-OH is 1. The maximum absolute atomic E-state index is 13.8. The molecule has 7 heteroatoms. The van der Waals surface area contributed by atoms with Crippen LogP contribution in [0.25, 0.3) is 11.1 Å². The van der Waals surface area contributed by atoms with Crippen molar-refractivity contribution in [3.63, 3.8) is 0 Å². The lowest BCUT2D eigenvalue weighted by molar-refractivity contribution is 0.193. The van der Waals surface area contributed by atoms with Crippen molar-refractivity contribution in [1.29, 1.82) is 5.26 Å². The van der Waals surface area contributed by atoms with Gasteiger partial charge in [-0.05, 0) is 72.0 Å². The molecule has 3 atom stereocenters. The Balaban J connectivity index is 1.64. The maximum Gasteiger partial charge on any atom is 0.243 e. The van der Waals surface area contributed by atoms with Gasteiger partial charge in [0.05, 0.1) is 35.2 Å². The van der Waals surface area contributed by atoms with Crippen LogP contribution in [0, 0.1) is 24.2 Å². The molecular weight excluding hydrogens is 446 g/mol. The van der Waals surface area contributed by atoms with E-state index < -0.39 is 10.0 Å². The summed E-state index contributed by atoms with van der Waals surface area (Å²) >= 11 is 0. The van der Waals surface area contributed by atoms with Crippen LogP contribution in [0.1, 0.15) is 29.2 Å². The second kappa shape index (κ2) is 8.55. The lowest BCUT2D eigenvalue weighted by Crippen LogP contribution is -2.48. The van der Waals surface area contributed by atoms with Gasteiger partial charge in [-0.1, -0.05) is 30.3 Å². The Hall–Kier alpha value is -3.18. The van der Waals surface area contributed by atoms with Crippen molar-refractivity contribution in [2.45, 2.75) is 30.3 Å². The average molecular weight is 474 g/mol. The SMILES string of the molecule is Cc1cccc(S(=O)(=O)N2CC[C@@H]3[C@H]2c2cc(-c4ccc(C#N)cc4)ccc2N(C)[C@H]3CO)c1. The smallest absolute Gasteiger partial charge is 0.243 e. The van der Waals surface area contributed by atoms with Crippen LogP contribution in [0.4, 0.5) is 5.69 Å². The van der Waals surface area contributed by atoms with Gasteiger partial charge < -0.3 is 10.0 Å². The molecule has 0 aliphatic carbocycles. The Bertz CT molecular complexity index is 1380. The average Bonchev–Trinajstić information content (AvgIpc) is 3.30. The van der Waals surface area contributed by atoms with Gasteiger partial charge in [-0.3, -0.25) is 0 Å². The molecule has 1 saturated heterocycles. The normalized spacial score (nSPS) is 22.2. The molecule has 1 N–H and O–H groups in total. The van der Waals surface area contributed by atoms with Crippen molar-refractivity contribution in [2.75, 3.05) is 25.1 Å². The van der Waals surface area contributed by atoms with Crippen molar-refractivity contribution in [2.24, 2.45) is 5.92 Å². The number of anilines is 1. The lowest BCUT2D eigenvalue weighted by atomic mass is 9.81. The molecule has 6 nitrogen and oxygen atoms in total. The van der Waals surface area contributed by atoms with Gasteiger partial charge in [-0.15, -0.1) is 0 Å². The molecule has 0 aromatic heterocycles. The Morgan fingerprint density at radius 3 is 2.47 bits per heavy atom. The Morgan fingerprint density at radius 2 is 1.79 bits per heavy atom. The highest BCUT2D eigenvalue weighted by atomic mass is 32.2. The van der Waals surface area contributed by atoms with Crippen LogP contribution < -0.4 is 4.90 Å². The molecule has 0 spiro atoms. The number of hydrogen-bond acceptors (Lipinski definition) is 5. The number of nitriles is 1. The van der Waals surface area contributed by atoms with Crippen LogP contribution in [-0.4, -0.2) is 44.1 Å². The highest BCUT2D eigenvalue weighted by Gasteiger charge is 2.50. The fourth-order valence-corrected chi connectivity index (χ4v) is 7.28. The quantitative estimate of drug-likeness (QED) is 0.617. The van der Waals surface area contributed by atoms with Gasteiger partial charge in [-0.25, -0.2) is 8.42 Å². The molecule has 34 heavy (non-hydrogen) atoms. The summed E-state index contributed by atoms with van der Waals surface area (Å²) in [7, 11) is -1.75. The minimum Gasteiger partial charge on any atom is -0.394 e. The molecular formula is C27H27N3O3S. The minimum atomic E-state index is -3.71. The highest BCUT2D eigenvalue weighted by Crippen LogP contribution is 2.51. The number of rotatable bonds is 4. The first-order valence-corrected chi connectivity index (χ1v) is 12.9. The molecule has 1 fully saturated rings. The zero-order valence-electron chi connectivity index (χ0n) is 19.2. The minimum absolute atomic E-state index is 0.0155. The number of aliphatic hydroxyl groups is 1. The Kier molecular flexibility index (Phi) is 5.68. The van der Waals surface area contributed by atoms with Gasteiger partial charge in [0.2, 0.25) is 10.0 Å². The van der Waals surface area contributed by atoms with Crippen molar-refractivity contribution in [1.82, 2.24) is 4.31 Å². The first kappa shape index (κ1) is 22.6. The van der Waals surface area contributed by atoms with Crippen molar-refractivity contribution in [3.8, 4) is 17.2 Å². The van der Waals surface area contributed by atoms with Crippen LogP contribution in [0.2, 0.25) is 0 Å². The van der Waals surface area contributed by atoms with E-state index >= 15 is 0 Å². The Morgan fingerprint density at radius 1 is 1.06 bits per heavy atom. The number of nitrogens with zero attached hydrogens (tertiary/aromatic N) is 3. The predicted molar refractivity (Wildman–Crippen MR) is 132 cm³/mol. The first-order valence-electron chi connectivity index (χ1n) is 11.4. The molecule has 0 radical (unpaired) electrons. The van der Waals surface area contributed by atoms with Gasteiger partial charge in [0.25, 0.3) is 0 Å². The summed E-state index contributed by atoms with van der Waals surface area (Å²) in [6.07, 6.45) is 0.686. The molecule has 0 saturated carbocycles. The number of sulfonamides is 1. The molecule has 3 aromatic carbocycles. The van der Waals surface area contributed by atoms with Crippen LogP contribution in [0.3, 0.4) is 0 Å². The van der Waals surface area contributed by atoms with E-state index in [1.165, 1.54) is 0 Å². The third-order valence-electron chi connectivity index (χ3n) is 7.25. The van der Waals surface area contributed by atoms with E-state index in [0.717, 1.165) is 27.9 Å². The van der Waals surface area contributed by atoms with E-state index in [2.05, 4.69) is 17.0 Å². The van der Waals surface area contributed by atoms with E-state index in [9.17, 15) is 13.5 Å². The summed E-state index contributed by atoms with van der Waals surface area (Å²) in [4.78, 5) is 2.39. The summed E-state index contributed by atoms with van der Waals surface area (Å²) in [5.41, 5.74) is 5.32.